The summed E-state index contributed by atoms with van der Waals surface area (Å²) in [5.74, 6) is 1.97. The highest BCUT2D eigenvalue weighted by molar-refractivity contribution is 7.98. The maximum absolute atomic E-state index is 12.4. The number of fused-ring (bicyclic) bond motifs is 1. The van der Waals surface area contributed by atoms with Gasteiger partial charge in [0, 0.05) is 26.2 Å². The van der Waals surface area contributed by atoms with Crippen LogP contribution in [-0.4, -0.2) is 65.0 Å². The third-order valence-electron chi connectivity index (χ3n) is 4.07. The number of nitrogens with two attached hydrogens (primary N) is 1. The lowest BCUT2D eigenvalue weighted by Gasteiger charge is -2.36. The molecule has 3 heterocycles. The number of hydrogen-bond donors (Lipinski definition) is 1. The average molecular weight is 388 g/mol. The molecule has 0 unspecified atom stereocenters. The normalized spacial score (nSPS) is 16.1. The van der Waals surface area contributed by atoms with E-state index in [1.54, 1.807) is 29.4 Å². The zero-order valence-electron chi connectivity index (χ0n) is 13.6. The monoisotopic (exact) mass is 387 g/mol. The van der Waals surface area contributed by atoms with Gasteiger partial charge in [-0.15, -0.1) is 23.7 Å². The molecule has 1 aliphatic rings. The Morgan fingerprint density at radius 3 is 2.83 bits per heavy atom. The van der Waals surface area contributed by atoms with Gasteiger partial charge in [0.15, 0.2) is 0 Å². The number of piperazine rings is 1. The summed E-state index contributed by atoms with van der Waals surface area (Å²) in [4.78, 5) is 25.2. The van der Waals surface area contributed by atoms with E-state index in [-0.39, 0.29) is 24.4 Å². The Morgan fingerprint density at radius 2 is 2.12 bits per heavy atom. The number of rotatable bonds is 5. The Morgan fingerprint density at radius 1 is 1.38 bits per heavy atom. The Balaban J connectivity index is 0.00000208. The Labute approximate surface area is 156 Å². The lowest BCUT2D eigenvalue weighted by Crippen LogP contribution is -2.53. The molecule has 2 aromatic rings. The second-order valence-corrected chi connectivity index (χ2v) is 7.43. The second kappa shape index (κ2) is 8.84. The molecule has 1 amide bonds. The molecular weight excluding hydrogens is 366 g/mol. The molecule has 6 nitrogen and oxygen atoms in total. The molecule has 1 aliphatic heterocycles. The standard InChI is InChI=1S/C15H21N5OS2.ClH/c1-22-8-2-11(16)15(21)20-6-4-19(5-7-20)14-13-12(3-9-23-13)17-10-18-14;/h3,9-11H,2,4-8,16H2,1H3;1H/t11-;/m0./s1. The number of carbonyl (C=O) groups is 1. The molecule has 24 heavy (non-hydrogen) atoms. The SMILES string of the molecule is CSCC[C@H](N)C(=O)N1CCN(c2ncnc3ccsc23)CC1.Cl. The van der Waals surface area contributed by atoms with Crippen LogP contribution in [0, 0.1) is 0 Å². The highest BCUT2D eigenvalue weighted by atomic mass is 35.5. The van der Waals surface area contributed by atoms with Gasteiger partial charge < -0.3 is 15.5 Å². The Kier molecular flexibility index (Phi) is 7.09. The molecule has 9 heteroatoms. The molecule has 1 atom stereocenters. The topological polar surface area (TPSA) is 75.4 Å². The van der Waals surface area contributed by atoms with E-state index in [0.717, 1.165) is 41.3 Å². The van der Waals surface area contributed by atoms with E-state index in [0.29, 0.717) is 13.1 Å². The summed E-state index contributed by atoms with van der Waals surface area (Å²) in [6.07, 6.45) is 4.38. The number of hydrogen-bond acceptors (Lipinski definition) is 7. The van der Waals surface area contributed by atoms with Gasteiger partial charge in [0.1, 0.15) is 12.1 Å². The first-order valence-electron chi connectivity index (χ1n) is 7.67. The van der Waals surface area contributed by atoms with Crippen molar-refractivity contribution in [1.29, 1.82) is 0 Å². The fourth-order valence-corrected chi connectivity index (χ4v) is 4.09. The minimum Gasteiger partial charge on any atom is -0.352 e. The maximum atomic E-state index is 12.4. The molecule has 1 fully saturated rings. The Bertz CT molecular complexity index is 675. The largest absolute Gasteiger partial charge is 0.352 e. The van der Waals surface area contributed by atoms with Crippen molar-refractivity contribution in [3.05, 3.63) is 17.8 Å². The predicted molar refractivity (Wildman–Crippen MR) is 104 cm³/mol. The van der Waals surface area contributed by atoms with E-state index in [9.17, 15) is 4.79 Å². The van der Waals surface area contributed by atoms with Gasteiger partial charge in [0.25, 0.3) is 0 Å². The molecule has 0 saturated carbocycles. The summed E-state index contributed by atoms with van der Waals surface area (Å²) in [5, 5.41) is 2.04. The summed E-state index contributed by atoms with van der Waals surface area (Å²) < 4.78 is 1.11. The van der Waals surface area contributed by atoms with Crippen LogP contribution in [0.5, 0.6) is 0 Å². The van der Waals surface area contributed by atoms with Crippen LogP contribution in [0.4, 0.5) is 5.82 Å². The number of nitrogens with zero attached hydrogens (tertiary/aromatic N) is 4. The first kappa shape index (κ1) is 19.2. The molecule has 0 aromatic carbocycles. The molecular formula is C15H22ClN5OS2. The van der Waals surface area contributed by atoms with E-state index >= 15 is 0 Å². The molecule has 3 rings (SSSR count). The van der Waals surface area contributed by atoms with Crippen molar-refractivity contribution in [2.24, 2.45) is 5.73 Å². The number of carbonyl (C=O) groups excluding carboxylic acids is 1. The van der Waals surface area contributed by atoms with Crippen LogP contribution in [0.2, 0.25) is 0 Å². The van der Waals surface area contributed by atoms with Crippen LogP contribution in [-0.2, 0) is 4.79 Å². The van der Waals surface area contributed by atoms with Crippen molar-refractivity contribution in [1.82, 2.24) is 14.9 Å². The smallest absolute Gasteiger partial charge is 0.239 e. The lowest BCUT2D eigenvalue weighted by molar-refractivity contribution is -0.132. The minimum atomic E-state index is -0.378. The third kappa shape index (κ3) is 4.11. The van der Waals surface area contributed by atoms with Gasteiger partial charge in [-0.3, -0.25) is 4.79 Å². The average Bonchev–Trinajstić information content (AvgIpc) is 3.08. The third-order valence-corrected chi connectivity index (χ3v) is 5.61. The van der Waals surface area contributed by atoms with Gasteiger partial charge >= 0.3 is 0 Å². The summed E-state index contributed by atoms with van der Waals surface area (Å²) in [7, 11) is 0. The van der Waals surface area contributed by atoms with Crippen LogP contribution in [0.25, 0.3) is 10.2 Å². The van der Waals surface area contributed by atoms with Crippen molar-refractivity contribution < 1.29 is 4.79 Å². The van der Waals surface area contributed by atoms with E-state index in [1.165, 1.54) is 0 Å². The summed E-state index contributed by atoms with van der Waals surface area (Å²) >= 11 is 3.38. The van der Waals surface area contributed by atoms with Crippen molar-refractivity contribution in [2.75, 3.05) is 43.1 Å². The van der Waals surface area contributed by atoms with Crippen LogP contribution in [0.3, 0.4) is 0 Å². The zero-order valence-corrected chi connectivity index (χ0v) is 16.0. The summed E-state index contributed by atoms with van der Waals surface area (Å²) in [5.41, 5.74) is 6.99. The molecule has 0 bridgehead atoms. The van der Waals surface area contributed by atoms with Crippen molar-refractivity contribution >= 4 is 57.4 Å². The summed E-state index contributed by atoms with van der Waals surface area (Å²) in [6.45, 7) is 2.96. The molecule has 0 aliphatic carbocycles. The number of halogens is 1. The van der Waals surface area contributed by atoms with Crippen LogP contribution in [0.1, 0.15) is 6.42 Å². The van der Waals surface area contributed by atoms with E-state index < -0.39 is 0 Å². The molecule has 0 radical (unpaired) electrons. The quantitative estimate of drug-likeness (QED) is 0.843. The fraction of sp³-hybridized carbons (Fsp3) is 0.533. The number of anilines is 1. The van der Waals surface area contributed by atoms with Gasteiger partial charge in [-0.05, 0) is 29.9 Å². The highest BCUT2D eigenvalue weighted by Crippen LogP contribution is 2.28. The lowest BCUT2D eigenvalue weighted by atomic mass is 10.2. The van der Waals surface area contributed by atoms with E-state index in [1.807, 2.05) is 22.6 Å². The van der Waals surface area contributed by atoms with Crippen molar-refractivity contribution in [2.45, 2.75) is 12.5 Å². The summed E-state index contributed by atoms with van der Waals surface area (Å²) in [6, 6.07) is 1.63. The van der Waals surface area contributed by atoms with Crippen LogP contribution in [0.15, 0.2) is 17.8 Å². The highest BCUT2D eigenvalue weighted by Gasteiger charge is 2.26. The van der Waals surface area contributed by atoms with Gasteiger partial charge in [-0.25, -0.2) is 9.97 Å². The van der Waals surface area contributed by atoms with Gasteiger partial charge in [0.2, 0.25) is 5.91 Å². The molecule has 2 aromatic heterocycles. The number of amides is 1. The molecule has 0 spiro atoms. The van der Waals surface area contributed by atoms with Gasteiger partial charge in [-0.2, -0.15) is 11.8 Å². The predicted octanol–water partition coefficient (Wildman–Crippen LogP) is 1.84. The van der Waals surface area contributed by atoms with E-state index in [2.05, 4.69) is 14.9 Å². The zero-order chi connectivity index (χ0) is 16.2. The molecule has 132 valence electrons. The first-order valence-corrected chi connectivity index (χ1v) is 9.94. The van der Waals surface area contributed by atoms with E-state index in [4.69, 9.17) is 5.73 Å². The van der Waals surface area contributed by atoms with Crippen molar-refractivity contribution in [3.8, 4) is 0 Å². The van der Waals surface area contributed by atoms with Crippen LogP contribution < -0.4 is 10.6 Å². The van der Waals surface area contributed by atoms with Crippen LogP contribution >= 0.6 is 35.5 Å². The van der Waals surface area contributed by atoms with Crippen molar-refractivity contribution in [3.63, 3.8) is 0 Å². The maximum Gasteiger partial charge on any atom is 0.239 e. The van der Waals surface area contributed by atoms with Gasteiger partial charge in [-0.1, -0.05) is 0 Å². The number of thioether (sulfide) groups is 1. The second-order valence-electron chi connectivity index (χ2n) is 5.53. The fourth-order valence-electron chi connectivity index (χ4n) is 2.74. The Hall–Kier alpha value is -1.09. The number of thiophene rings is 1. The molecule has 2 N–H and O–H groups in total. The number of aromatic nitrogens is 2. The minimum absolute atomic E-state index is 0. The first-order chi connectivity index (χ1) is 11.2. The van der Waals surface area contributed by atoms with Gasteiger partial charge in [0.05, 0.1) is 16.3 Å². The molecule has 1 saturated heterocycles.